The van der Waals surface area contributed by atoms with Crippen molar-refractivity contribution in [2.24, 2.45) is 5.92 Å². The summed E-state index contributed by atoms with van der Waals surface area (Å²) in [6.45, 7) is 5.29. The van der Waals surface area contributed by atoms with E-state index in [4.69, 9.17) is 9.47 Å². The van der Waals surface area contributed by atoms with Crippen molar-refractivity contribution >= 4 is 12.1 Å². The van der Waals surface area contributed by atoms with Crippen LogP contribution in [0.5, 0.6) is 0 Å². The van der Waals surface area contributed by atoms with Gasteiger partial charge >= 0.3 is 12.1 Å². The normalized spacial score (nSPS) is 22.6. The van der Waals surface area contributed by atoms with Crippen LogP contribution in [-0.2, 0) is 14.3 Å². The molecule has 2 atom stereocenters. The zero-order valence-electron chi connectivity index (χ0n) is 14.6. The molecule has 24 heavy (non-hydrogen) atoms. The second-order valence-corrected chi connectivity index (χ2v) is 7.35. The fraction of sp³-hybridized carbons (Fsp3) is 0.667. The van der Waals surface area contributed by atoms with Crippen LogP contribution in [0, 0.1) is 5.92 Å². The van der Waals surface area contributed by atoms with Crippen molar-refractivity contribution in [2.75, 3.05) is 0 Å². The van der Waals surface area contributed by atoms with E-state index in [2.05, 4.69) is 5.32 Å². The molecule has 0 heterocycles. The van der Waals surface area contributed by atoms with E-state index in [0.29, 0.717) is 6.42 Å². The van der Waals surface area contributed by atoms with Crippen LogP contribution in [-0.4, -0.2) is 34.9 Å². The van der Waals surface area contributed by atoms with Crippen molar-refractivity contribution in [2.45, 2.75) is 70.6 Å². The Morgan fingerprint density at radius 1 is 1.29 bits per heavy atom. The van der Waals surface area contributed by atoms with Crippen LogP contribution in [0.25, 0.3) is 0 Å². The number of aliphatic hydroxyl groups is 1. The van der Waals surface area contributed by atoms with Gasteiger partial charge in [-0.05, 0) is 65.0 Å². The number of carbonyl (C=O) groups is 2. The number of hydrogen-bond acceptors (Lipinski definition) is 5. The molecule has 6 heteroatoms. The Hall–Kier alpha value is -1.98. The monoisotopic (exact) mass is 337 g/mol. The minimum Gasteiger partial charge on any atom is -0.508 e. The van der Waals surface area contributed by atoms with Crippen molar-refractivity contribution in [3.63, 3.8) is 0 Å². The second-order valence-electron chi connectivity index (χ2n) is 7.35. The summed E-state index contributed by atoms with van der Waals surface area (Å²) >= 11 is 0. The largest absolute Gasteiger partial charge is 0.508 e. The van der Waals surface area contributed by atoms with Crippen LogP contribution in [0.3, 0.4) is 0 Å². The van der Waals surface area contributed by atoms with E-state index < -0.39 is 23.7 Å². The van der Waals surface area contributed by atoms with Gasteiger partial charge in [-0.1, -0.05) is 6.08 Å². The van der Waals surface area contributed by atoms with Crippen LogP contribution >= 0.6 is 0 Å². The molecular weight excluding hydrogens is 310 g/mol. The number of carbonyl (C=O) groups excluding carboxylic acids is 2. The van der Waals surface area contributed by atoms with Gasteiger partial charge < -0.3 is 19.9 Å². The van der Waals surface area contributed by atoms with Crippen LogP contribution < -0.4 is 5.32 Å². The summed E-state index contributed by atoms with van der Waals surface area (Å²) in [5.41, 5.74) is -0.648. The van der Waals surface area contributed by atoms with Crippen LogP contribution in [0.2, 0.25) is 0 Å². The number of esters is 1. The number of allylic oxidation sites excluding steroid dienone is 2. The molecular formula is C18H27NO5. The molecule has 0 aromatic rings. The third kappa shape index (κ3) is 5.58. The molecule has 1 amide bonds. The molecule has 6 nitrogen and oxygen atoms in total. The lowest BCUT2D eigenvalue weighted by Gasteiger charge is -2.28. The lowest BCUT2D eigenvalue weighted by molar-refractivity contribution is -0.152. The fourth-order valence-corrected chi connectivity index (χ4v) is 2.89. The molecule has 0 radical (unpaired) electrons. The topological polar surface area (TPSA) is 84.9 Å². The summed E-state index contributed by atoms with van der Waals surface area (Å²) in [6, 6.07) is -0.832. The van der Waals surface area contributed by atoms with E-state index in [-0.39, 0.29) is 17.8 Å². The molecule has 0 aromatic heterocycles. The Labute approximate surface area is 142 Å². The van der Waals surface area contributed by atoms with E-state index in [9.17, 15) is 14.7 Å². The average Bonchev–Trinajstić information content (AvgIpc) is 2.97. The van der Waals surface area contributed by atoms with E-state index >= 15 is 0 Å². The first-order chi connectivity index (χ1) is 11.2. The number of nitrogens with one attached hydrogen (secondary N) is 1. The summed E-state index contributed by atoms with van der Waals surface area (Å²) in [7, 11) is 0. The second kappa shape index (κ2) is 7.73. The first kappa shape index (κ1) is 18.4. The van der Waals surface area contributed by atoms with Gasteiger partial charge in [0.1, 0.15) is 23.5 Å². The zero-order valence-corrected chi connectivity index (χ0v) is 14.6. The molecule has 0 bridgehead atoms. The van der Waals surface area contributed by atoms with Crippen molar-refractivity contribution in [1.82, 2.24) is 5.32 Å². The number of amides is 1. The Balaban J connectivity index is 2.04. The number of ether oxygens (including phenoxy) is 2. The minimum atomic E-state index is -0.832. The van der Waals surface area contributed by atoms with E-state index in [1.54, 1.807) is 32.9 Å². The van der Waals surface area contributed by atoms with Gasteiger partial charge in [0.15, 0.2) is 0 Å². The Morgan fingerprint density at radius 2 is 1.96 bits per heavy atom. The molecule has 2 aliphatic rings. The maximum atomic E-state index is 12.6. The highest BCUT2D eigenvalue weighted by Crippen LogP contribution is 2.24. The maximum absolute atomic E-state index is 12.6. The first-order valence-corrected chi connectivity index (χ1v) is 8.52. The molecule has 0 aliphatic heterocycles. The van der Waals surface area contributed by atoms with E-state index in [1.165, 1.54) is 6.08 Å². The van der Waals surface area contributed by atoms with Crippen molar-refractivity contribution in [3.05, 3.63) is 24.0 Å². The van der Waals surface area contributed by atoms with Crippen molar-refractivity contribution in [3.8, 4) is 0 Å². The Kier molecular flexibility index (Phi) is 5.91. The quantitative estimate of drug-likeness (QED) is 0.768. The lowest BCUT2D eigenvalue weighted by Crippen LogP contribution is -2.48. The van der Waals surface area contributed by atoms with Gasteiger partial charge in [0, 0.05) is 5.92 Å². The van der Waals surface area contributed by atoms with Crippen molar-refractivity contribution < 1.29 is 24.2 Å². The summed E-state index contributed by atoms with van der Waals surface area (Å²) in [5, 5.41) is 12.1. The van der Waals surface area contributed by atoms with Crippen LogP contribution in [0.15, 0.2) is 24.0 Å². The number of aliphatic hydroxyl groups excluding tert-OH is 1. The molecule has 134 valence electrons. The van der Waals surface area contributed by atoms with Gasteiger partial charge in [-0.25, -0.2) is 9.59 Å². The third-order valence-corrected chi connectivity index (χ3v) is 4.05. The summed E-state index contributed by atoms with van der Waals surface area (Å²) in [5.74, 6) is -0.564. The maximum Gasteiger partial charge on any atom is 0.408 e. The van der Waals surface area contributed by atoms with Gasteiger partial charge in [-0.2, -0.15) is 0 Å². The SMILES string of the molecule is CC(C)(C)OC(=O)N[C@H](C(=O)OC1CCCC1)C1C=CC(O)=CC1. The summed E-state index contributed by atoms with van der Waals surface area (Å²) in [6.07, 6.45) is 8.44. The van der Waals surface area contributed by atoms with E-state index in [0.717, 1.165) is 25.7 Å². The molecule has 2 N–H and O–H groups in total. The van der Waals surface area contributed by atoms with Crippen molar-refractivity contribution in [1.29, 1.82) is 0 Å². The predicted octanol–water partition coefficient (Wildman–Crippen LogP) is 3.38. The highest BCUT2D eigenvalue weighted by molar-refractivity contribution is 5.82. The molecule has 1 fully saturated rings. The number of rotatable bonds is 4. The van der Waals surface area contributed by atoms with E-state index in [1.807, 2.05) is 0 Å². The predicted molar refractivity (Wildman–Crippen MR) is 89.5 cm³/mol. The van der Waals surface area contributed by atoms with Gasteiger partial charge in [0.05, 0.1) is 0 Å². The summed E-state index contributed by atoms with van der Waals surface area (Å²) in [4.78, 5) is 24.7. The molecule has 0 aromatic carbocycles. The number of hydrogen-bond donors (Lipinski definition) is 2. The highest BCUT2D eigenvalue weighted by atomic mass is 16.6. The Bertz CT molecular complexity index is 526. The fourth-order valence-electron chi connectivity index (χ4n) is 2.89. The standard InChI is InChI=1S/C18H27NO5/c1-18(2,3)24-17(22)19-15(12-8-10-13(20)11-9-12)16(21)23-14-6-4-5-7-14/h8,10-12,14-15,20H,4-7,9H2,1-3H3,(H,19,22)/t12?,15-/m0/s1. The van der Waals surface area contributed by atoms with Gasteiger partial charge in [-0.3, -0.25) is 0 Å². The number of alkyl carbamates (subject to hydrolysis) is 1. The zero-order chi connectivity index (χ0) is 17.7. The smallest absolute Gasteiger partial charge is 0.408 e. The minimum absolute atomic E-state index is 0.0723. The average molecular weight is 337 g/mol. The highest BCUT2D eigenvalue weighted by Gasteiger charge is 2.34. The lowest BCUT2D eigenvalue weighted by atomic mass is 9.92. The third-order valence-electron chi connectivity index (χ3n) is 4.05. The van der Waals surface area contributed by atoms with Gasteiger partial charge in [-0.15, -0.1) is 0 Å². The Morgan fingerprint density at radius 3 is 2.50 bits per heavy atom. The molecule has 2 aliphatic carbocycles. The first-order valence-electron chi connectivity index (χ1n) is 8.52. The molecule has 0 saturated heterocycles. The van der Waals surface area contributed by atoms with Crippen LogP contribution in [0.4, 0.5) is 4.79 Å². The van der Waals surface area contributed by atoms with Crippen LogP contribution in [0.1, 0.15) is 52.9 Å². The molecule has 0 spiro atoms. The molecule has 1 unspecified atom stereocenters. The summed E-state index contributed by atoms with van der Waals surface area (Å²) < 4.78 is 10.8. The molecule has 1 saturated carbocycles. The van der Waals surface area contributed by atoms with Gasteiger partial charge in [0.2, 0.25) is 0 Å². The molecule has 2 rings (SSSR count). The van der Waals surface area contributed by atoms with Gasteiger partial charge in [0.25, 0.3) is 0 Å².